The van der Waals surface area contributed by atoms with Gasteiger partial charge < -0.3 is 11.5 Å². The van der Waals surface area contributed by atoms with Crippen LogP contribution >= 0.6 is 0 Å². The Morgan fingerprint density at radius 3 is 1.81 bits per heavy atom. The van der Waals surface area contributed by atoms with Crippen molar-refractivity contribution in [1.29, 1.82) is 0 Å². The molecule has 0 aromatic carbocycles. The van der Waals surface area contributed by atoms with Gasteiger partial charge in [-0.25, -0.2) is 0 Å². The largest absolute Gasteiger partial charge is 0.394 e. The van der Waals surface area contributed by atoms with E-state index < -0.39 is 10.4 Å². The molecule has 1 heterocycles. The molecule has 1 amide bonds. The lowest BCUT2D eigenvalue weighted by Crippen LogP contribution is -2.07. The highest BCUT2D eigenvalue weighted by Crippen LogP contribution is 2.01. The van der Waals surface area contributed by atoms with Gasteiger partial charge in [0.1, 0.15) is 0 Å². The Balaban J connectivity index is 0.000000385. The second-order valence-corrected chi connectivity index (χ2v) is 2.98. The molecule has 0 saturated heterocycles. The van der Waals surface area contributed by atoms with E-state index in [0.717, 1.165) is 0 Å². The first-order valence-corrected chi connectivity index (χ1v) is 4.79. The first-order valence-electron chi connectivity index (χ1n) is 3.39. The summed E-state index contributed by atoms with van der Waals surface area (Å²) in [7, 11) is -4.67. The van der Waals surface area contributed by atoms with Crippen LogP contribution in [0.2, 0.25) is 0 Å². The molecule has 0 saturated carbocycles. The maximum absolute atomic E-state index is 9.90. The van der Waals surface area contributed by atoms with E-state index in [1.807, 2.05) is 0 Å². The van der Waals surface area contributed by atoms with Gasteiger partial charge in [0.2, 0.25) is 24.3 Å². The Bertz CT molecular complexity index is 432. The van der Waals surface area contributed by atoms with Crippen molar-refractivity contribution in [2.75, 3.05) is 16.8 Å². The number of rotatable bonds is 2. The summed E-state index contributed by atoms with van der Waals surface area (Å²) < 4.78 is 31.6. The van der Waals surface area contributed by atoms with Crippen LogP contribution in [0.5, 0.6) is 0 Å². The molecule has 0 atom stereocenters. The monoisotopic (exact) mass is 252 g/mol. The van der Waals surface area contributed by atoms with Crippen molar-refractivity contribution in [2.24, 2.45) is 0 Å². The van der Waals surface area contributed by atoms with E-state index in [-0.39, 0.29) is 17.8 Å². The van der Waals surface area contributed by atoms with Crippen molar-refractivity contribution in [2.45, 2.75) is 0 Å². The number of anilines is 3. The summed E-state index contributed by atoms with van der Waals surface area (Å²) in [6.07, 6.45) is 0.425. The fourth-order valence-electron chi connectivity index (χ4n) is 0.527. The quantitative estimate of drug-likeness (QED) is 0.288. The Labute approximate surface area is 89.5 Å². The molecular formula is C4H8N6O5S. The minimum Gasteiger partial charge on any atom is -0.368 e. The van der Waals surface area contributed by atoms with Gasteiger partial charge in [-0.05, 0) is 0 Å². The van der Waals surface area contributed by atoms with Gasteiger partial charge in [-0.15, -0.1) is 0 Å². The second-order valence-electron chi connectivity index (χ2n) is 2.09. The van der Waals surface area contributed by atoms with E-state index in [2.05, 4.69) is 20.3 Å². The van der Waals surface area contributed by atoms with Gasteiger partial charge in [-0.2, -0.15) is 23.4 Å². The van der Waals surface area contributed by atoms with E-state index in [1.165, 1.54) is 0 Å². The number of hydrogen-bond donors (Lipinski definition) is 5. The van der Waals surface area contributed by atoms with Crippen LogP contribution in [0.4, 0.5) is 17.8 Å². The summed E-state index contributed by atoms with van der Waals surface area (Å²) in [4.78, 5) is 20.5. The molecule has 0 unspecified atom stereocenters. The molecule has 0 fully saturated rings. The van der Waals surface area contributed by atoms with Crippen LogP contribution in [0.1, 0.15) is 0 Å². The van der Waals surface area contributed by atoms with Crippen LogP contribution in [0.15, 0.2) is 0 Å². The van der Waals surface area contributed by atoms with Crippen LogP contribution < -0.4 is 16.8 Å². The predicted molar refractivity (Wildman–Crippen MR) is 52.5 cm³/mol. The summed E-state index contributed by atoms with van der Waals surface area (Å²) in [6.45, 7) is 0. The van der Waals surface area contributed by atoms with E-state index in [9.17, 15) is 4.79 Å². The van der Waals surface area contributed by atoms with E-state index in [1.54, 1.807) is 0 Å². The topological polar surface area (TPSA) is 194 Å². The number of hydrogen-bond acceptors (Lipinski definition) is 8. The van der Waals surface area contributed by atoms with Crippen molar-refractivity contribution in [3.63, 3.8) is 0 Å². The molecule has 1 aromatic rings. The van der Waals surface area contributed by atoms with Crippen LogP contribution in [0.25, 0.3) is 0 Å². The predicted octanol–water partition coefficient (Wildman–Crippen LogP) is -2.05. The summed E-state index contributed by atoms with van der Waals surface area (Å²) in [6, 6.07) is 0. The van der Waals surface area contributed by atoms with Gasteiger partial charge in [-0.3, -0.25) is 19.2 Å². The minimum atomic E-state index is -4.67. The van der Waals surface area contributed by atoms with Crippen molar-refractivity contribution in [1.82, 2.24) is 15.0 Å². The fraction of sp³-hybridized carbons (Fsp3) is 0. The fourth-order valence-corrected chi connectivity index (χ4v) is 0.527. The Hall–Kier alpha value is -2.05. The number of carbonyl (C=O) groups excluding carboxylic acids is 1. The Morgan fingerprint density at radius 2 is 1.50 bits per heavy atom. The molecule has 12 heteroatoms. The zero-order chi connectivity index (χ0) is 12.8. The number of nitrogens with one attached hydrogen (secondary N) is 1. The summed E-state index contributed by atoms with van der Waals surface area (Å²) >= 11 is 0. The molecule has 7 N–H and O–H groups in total. The highest BCUT2D eigenvalue weighted by atomic mass is 32.3. The number of aromatic nitrogens is 3. The minimum absolute atomic E-state index is 0.0261. The Morgan fingerprint density at radius 1 is 1.12 bits per heavy atom. The first-order chi connectivity index (χ1) is 7.22. The van der Waals surface area contributed by atoms with Gasteiger partial charge in [0.15, 0.2) is 0 Å². The molecule has 0 aliphatic carbocycles. The molecule has 0 aliphatic rings. The molecular weight excluding hydrogens is 244 g/mol. The maximum Gasteiger partial charge on any atom is 0.394 e. The van der Waals surface area contributed by atoms with Crippen LogP contribution in [0, 0.1) is 0 Å². The van der Waals surface area contributed by atoms with Crippen LogP contribution in [-0.2, 0) is 15.2 Å². The van der Waals surface area contributed by atoms with E-state index in [0.29, 0.717) is 6.41 Å². The van der Waals surface area contributed by atoms with Gasteiger partial charge in [-0.1, -0.05) is 0 Å². The van der Waals surface area contributed by atoms with Crippen molar-refractivity contribution in [3.8, 4) is 0 Å². The SMILES string of the molecule is Nc1nc(N)nc(NC=O)n1.O=S(=O)(O)O. The lowest BCUT2D eigenvalue weighted by molar-refractivity contribution is -0.105. The summed E-state index contributed by atoms with van der Waals surface area (Å²) in [5, 5.41) is 2.19. The van der Waals surface area contributed by atoms with Crippen LogP contribution in [-0.4, -0.2) is 38.9 Å². The maximum atomic E-state index is 9.90. The molecule has 0 radical (unpaired) electrons. The standard InChI is InChI=1S/C4H6N6O.H2O4S/c5-2-8-3(6)10-4(9-2)7-1-11;1-5(2,3)4/h1H,(H5,5,6,7,8,9,10,11);(H2,1,2,3,4). The molecule has 0 bridgehead atoms. The third-order valence-electron chi connectivity index (χ3n) is 0.858. The third-order valence-corrected chi connectivity index (χ3v) is 0.858. The molecule has 1 rings (SSSR count). The van der Waals surface area contributed by atoms with Crippen molar-refractivity contribution in [3.05, 3.63) is 0 Å². The Kier molecular flexibility index (Phi) is 5.00. The van der Waals surface area contributed by atoms with E-state index in [4.69, 9.17) is 29.0 Å². The van der Waals surface area contributed by atoms with Crippen LogP contribution in [0.3, 0.4) is 0 Å². The molecule has 0 aliphatic heterocycles. The second kappa shape index (κ2) is 5.74. The van der Waals surface area contributed by atoms with Crippen molar-refractivity contribution >= 4 is 34.7 Å². The average molecular weight is 252 g/mol. The number of amides is 1. The lowest BCUT2D eigenvalue weighted by Gasteiger charge is -1.97. The van der Waals surface area contributed by atoms with E-state index >= 15 is 0 Å². The molecule has 90 valence electrons. The van der Waals surface area contributed by atoms with Crippen molar-refractivity contribution < 1.29 is 22.3 Å². The number of nitrogens with zero attached hydrogens (tertiary/aromatic N) is 3. The highest BCUT2D eigenvalue weighted by Gasteiger charge is 1.98. The molecule has 0 spiro atoms. The lowest BCUT2D eigenvalue weighted by atomic mass is 10.8. The summed E-state index contributed by atoms with van der Waals surface area (Å²) in [5.74, 6) is -0.00583. The van der Waals surface area contributed by atoms with Gasteiger partial charge >= 0.3 is 10.4 Å². The smallest absolute Gasteiger partial charge is 0.368 e. The molecule has 16 heavy (non-hydrogen) atoms. The van der Waals surface area contributed by atoms with Gasteiger partial charge in [0, 0.05) is 0 Å². The number of carbonyl (C=O) groups is 1. The highest BCUT2D eigenvalue weighted by molar-refractivity contribution is 7.79. The average Bonchev–Trinajstić information content (AvgIpc) is 1.98. The zero-order valence-electron chi connectivity index (χ0n) is 7.60. The summed E-state index contributed by atoms with van der Waals surface area (Å²) in [5.41, 5.74) is 10.4. The third kappa shape index (κ3) is 8.54. The number of nitrogens with two attached hydrogens (primary N) is 2. The number of nitrogen functional groups attached to an aromatic ring is 2. The molecule has 11 nitrogen and oxygen atoms in total. The van der Waals surface area contributed by atoms with Gasteiger partial charge in [0.25, 0.3) is 0 Å². The van der Waals surface area contributed by atoms with Gasteiger partial charge in [0.05, 0.1) is 0 Å². The molecule has 1 aromatic heterocycles. The first kappa shape index (κ1) is 13.9. The zero-order valence-corrected chi connectivity index (χ0v) is 8.42. The normalized spacial score (nSPS) is 9.88.